The lowest BCUT2D eigenvalue weighted by Crippen LogP contribution is -2.35. The fraction of sp³-hybridized carbons (Fsp3) is 0.533. The minimum atomic E-state index is -0.745. The molecule has 4 nitrogen and oxygen atoms in total. The van der Waals surface area contributed by atoms with Crippen LogP contribution in [0.5, 0.6) is 0 Å². The molecule has 3 N–H and O–H groups in total. The van der Waals surface area contributed by atoms with Crippen molar-refractivity contribution in [3.8, 4) is 0 Å². The van der Waals surface area contributed by atoms with Crippen LogP contribution in [0.1, 0.15) is 32.6 Å². The highest BCUT2D eigenvalue weighted by atomic mass is 16.4. The Morgan fingerprint density at radius 3 is 2.58 bits per heavy atom. The Hall–Kier alpha value is -1.55. The van der Waals surface area contributed by atoms with Gasteiger partial charge >= 0.3 is 5.97 Å². The van der Waals surface area contributed by atoms with Gasteiger partial charge in [-0.2, -0.15) is 0 Å². The maximum atomic E-state index is 9.37. The monoisotopic (exact) mass is 264 g/mol. The van der Waals surface area contributed by atoms with Crippen molar-refractivity contribution in [1.29, 1.82) is 0 Å². The number of benzene rings is 1. The van der Waals surface area contributed by atoms with Gasteiger partial charge in [-0.05, 0) is 25.0 Å². The first-order valence-corrected chi connectivity index (χ1v) is 6.90. The molecule has 0 bridgehead atoms. The summed E-state index contributed by atoms with van der Waals surface area (Å²) in [5.74, 6) is -0.745. The van der Waals surface area contributed by atoms with E-state index in [9.17, 15) is 4.79 Å². The van der Waals surface area contributed by atoms with Crippen molar-refractivity contribution in [3.63, 3.8) is 0 Å². The van der Waals surface area contributed by atoms with Crippen molar-refractivity contribution in [3.05, 3.63) is 30.3 Å². The second-order valence-corrected chi connectivity index (χ2v) is 4.78. The molecule has 0 aliphatic carbocycles. The highest BCUT2D eigenvalue weighted by Crippen LogP contribution is 2.18. The third-order valence-electron chi connectivity index (χ3n) is 3.13. The standard InChI is InChI=1S/C12H18N2.C3H6O2/c13-11-6-4-5-9-14(10-11)12-7-2-1-3-8-12;1-2-3(4)5/h1-3,7-8,11H,4-6,9-10,13H2;2H2,1H3,(H,4,5)/t11-;/m0./s1. The van der Waals surface area contributed by atoms with E-state index in [2.05, 4.69) is 35.2 Å². The van der Waals surface area contributed by atoms with Crippen molar-refractivity contribution in [1.82, 2.24) is 0 Å². The van der Waals surface area contributed by atoms with Gasteiger partial charge < -0.3 is 15.7 Å². The lowest BCUT2D eigenvalue weighted by atomic mass is 10.1. The van der Waals surface area contributed by atoms with E-state index in [1.165, 1.54) is 24.9 Å². The van der Waals surface area contributed by atoms with Crippen LogP contribution < -0.4 is 10.6 Å². The zero-order valence-electron chi connectivity index (χ0n) is 11.6. The Kier molecular flexibility index (Phi) is 6.97. The molecule has 19 heavy (non-hydrogen) atoms. The van der Waals surface area contributed by atoms with Crippen LogP contribution in [0.3, 0.4) is 0 Å². The first kappa shape index (κ1) is 15.5. The number of rotatable bonds is 2. The highest BCUT2D eigenvalue weighted by molar-refractivity contribution is 5.66. The van der Waals surface area contributed by atoms with E-state index in [1.54, 1.807) is 6.92 Å². The number of nitrogens with zero attached hydrogens (tertiary/aromatic N) is 1. The summed E-state index contributed by atoms with van der Waals surface area (Å²) in [7, 11) is 0. The molecule has 0 radical (unpaired) electrons. The highest BCUT2D eigenvalue weighted by Gasteiger charge is 2.14. The number of hydrogen-bond acceptors (Lipinski definition) is 3. The van der Waals surface area contributed by atoms with Crippen LogP contribution in [0, 0.1) is 0 Å². The van der Waals surface area contributed by atoms with E-state index in [4.69, 9.17) is 10.8 Å². The van der Waals surface area contributed by atoms with Crippen LogP contribution in [0.2, 0.25) is 0 Å². The van der Waals surface area contributed by atoms with Gasteiger partial charge in [0.15, 0.2) is 0 Å². The third-order valence-corrected chi connectivity index (χ3v) is 3.13. The summed E-state index contributed by atoms with van der Waals surface area (Å²) in [6.45, 7) is 3.75. The van der Waals surface area contributed by atoms with E-state index in [0.717, 1.165) is 13.1 Å². The smallest absolute Gasteiger partial charge is 0.303 e. The molecule has 0 aromatic heterocycles. The van der Waals surface area contributed by atoms with Crippen molar-refractivity contribution >= 4 is 11.7 Å². The minimum absolute atomic E-state index is 0.222. The number of carboxylic acids is 1. The molecule has 1 saturated heterocycles. The first-order chi connectivity index (χ1) is 9.13. The number of aliphatic carboxylic acids is 1. The first-order valence-electron chi connectivity index (χ1n) is 6.90. The lowest BCUT2D eigenvalue weighted by Gasteiger charge is -2.24. The van der Waals surface area contributed by atoms with E-state index < -0.39 is 5.97 Å². The number of carboxylic acid groups (broad SMARTS) is 1. The van der Waals surface area contributed by atoms with Gasteiger partial charge in [0.2, 0.25) is 0 Å². The van der Waals surface area contributed by atoms with Crippen molar-refractivity contribution in [2.24, 2.45) is 5.73 Å². The fourth-order valence-electron chi connectivity index (χ4n) is 2.05. The molecule has 4 heteroatoms. The topological polar surface area (TPSA) is 66.6 Å². The molecule has 2 rings (SSSR count). The Bertz CT molecular complexity index is 368. The zero-order valence-corrected chi connectivity index (χ0v) is 11.6. The molecule has 1 aromatic carbocycles. The van der Waals surface area contributed by atoms with E-state index in [-0.39, 0.29) is 6.42 Å². The Labute approximate surface area is 115 Å². The molecule has 0 amide bonds. The fourth-order valence-corrected chi connectivity index (χ4v) is 2.05. The number of nitrogens with two attached hydrogens (primary N) is 1. The van der Waals surface area contributed by atoms with Gasteiger partial charge in [0.25, 0.3) is 0 Å². The van der Waals surface area contributed by atoms with Crippen molar-refractivity contribution in [2.75, 3.05) is 18.0 Å². The Morgan fingerprint density at radius 1 is 1.37 bits per heavy atom. The summed E-state index contributed by atoms with van der Waals surface area (Å²) in [5, 5.41) is 7.72. The van der Waals surface area contributed by atoms with Gasteiger partial charge in [-0.25, -0.2) is 0 Å². The predicted octanol–water partition coefficient (Wildman–Crippen LogP) is 2.49. The van der Waals surface area contributed by atoms with E-state index >= 15 is 0 Å². The summed E-state index contributed by atoms with van der Waals surface area (Å²) in [6, 6.07) is 10.9. The molecular weight excluding hydrogens is 240 g/mol. The predicted molar refractivity (Wildman–Crippen MR) is 78.4 cm³/mol. The Morgan fingerprint density at radius 2 is 2.00 bits per heavy atom. The minimum Gasteiger partial charge on any atom is -0.481 e. The van der Waals surface area contributed by atoms with Crippen LogP contribution in [0.4, 0.5) is 5.69 Å². The maximum Gasteiger partial charge on any atom is 0.303 e. The van der Waals surface area contributed by atoms with Crippen LogP contribution in [-0.2, 0) is 4.79 Å². The molecule has 1 atom stereocenters. The molecule has 0 unspecified atom stereocenters. The largest absolute Gasteiger partial charge is 0.481 e. The molecular formula is C15H24N2O2. The van der Waals surface area contributed by atoms with Gasteiger partial charge in [-0.3, -0.25) is 4.79 Å². The SMILES string of the molecule is CCC(=O)O.N[C@H]1CCCCN(c2ccccc2)C1. The molecule has 1 aliphatic heterocycles. The van der Waals surface area contributed by atoms with Gasteiger partial charge in [-0.15, -0.1) is 0 Å². The second kappa shape index (κ2) is 8.53. The van der Waals surface area contributed by atoms with Gasteiger partial charge in [0, 0.05) is 31.2 Å². The lowest BCUT2D eigenvalue weighted by molar-refractivity contribution is -0.136. The van der Waals surface area contributed by atoms with Crippen LogP contribution in [0.15, 0.2) is 30.3 Å². The van der Waals surface area contributed by atoms with E-state index in [0.29, 0.717) is 6.04 Å². The van der Waals surface area contributed by atoms with Gasteiger partial charge in [0.1, 0.15) is 0 Å². The average molecular weight is 264 g/mol. The van der Waals surface area contributed by atoms with Gasteiger partial charge in [-0.1, -0.05) is 31.5 Å². The molecule has 1 fully saturated rings. The summed E-state index contributed by atoms with van der Waals surface area (Å²) >= 11 is 0. The summed E-state index contributed by atoms with van der Waals surface area (Å²) < 4.78 is 0. The van der Waals surface area contributed by atoms with Crippen molar-refractivity contribution < 1.29 is 9.90 Å². The Balaban J connectivity index is 0.000000312. The van der Waals surface area contributed by atoms with Gasteiger partial charge in [0.05, 0.1) is 0 Å². The molecule has 1 aliphatic rings. The summed E-state index contributed by atoms with van der Waals surface area (Å²) in [6.07, 6.45) is 3.93. The van der Waals surface area contributed by atoms with Crippen LogP contribution >= 0.6 is 0 Å². The van der Waals surface area contributed by atoms with Crippen molar-refractivity contribution in [2.45, 2.75) is 38.6 Å². The average Bonchev–Trinajstić information content (AvgIpc) is 2.65. The van der Waals surface area contributed by atoms with Crippen LogP contribution in [0.25, 0.3) is 0 Å². The number of carbonyl (C=O) groups is 1. The number of anilines is 1. The third kappa shape index (κ3) is 6.25. The maximum absolute atomic E-state index is 9.37. The summed E-state index contributed by atoms with van der Waals surface area (Å²) in [5.41, 5.74) is 7.33. The molecule has 1 aromatic rings. The number of hydrogen-bond donors (Lipinski definition) is 2. The second-order valence-electron chi connectivity index (χ2n) is 4.78. The molecule has 0 spiro atoms. The zero-order chi connectivity index (χ0) is 14.1. The van der Waals surface area contributed by atoms with E-state index in [1.807, 2.05) is 0 Å². The molecule has 0 saturated carbocycles. The number of para-hydroxylation sites is 1. The summed E-state index contributed by atoms with van der Waals surface area (Å²) in [4.78, 5) is 11.8. The normalized spacial score (nSPS) is 19.1. The molecule has 1 heterocycles. The quantitative estimate of drug-likeness (QED) is 0.861. The van der Waals surface area contributed by atoms with Crippen LogP contribution in [-0.4, -0.2) is 30.2 Å². The molecule has 106 valence electrons.